The van der Waals surface area contributed by atoms with Gasteiger partial charge in [0, 0.05) is 31.7 Å². The van der Waals surface area contributed by atoms with E-state index < -0.39 is 5.92 Å². The van der Waals surface area contributed by atoms with E-state index in [0.717, 1.165) is 54.6 Å². The van der Waals surface area contributed by atoms with Crippen LogP contribution >= 0.6 is 0 Å². The van der Waals surface area contributed by atoms with Gasteiger partial charge >= 0.3 is 5.97 Å². The molecule has 1 unspecified atom stereocenters. The average molecular weight is 358 g/mol. The van der Waals surface area contributed by atoms with Gasteiger partial charge in [-0.3, -0.25) is 0 Å². The fourth-order valence-corrected chi connectivity index (χ4v) is 3.43. The van der Waals surface area contributed by atoms with Crippen LogP contribution in [0.2, 0.25) is 0 Å². The molecule has 0 saturated carbocycles. The summed E-state index contributed by atoms with van der Waals surface area (Å²) in [6.07, 6.45) is 6.61. The number of carbonyl (C=O) groups excluding carboxylic acids is 2. The summed E-state index contributed by atoms with van der Waals surface area (Å²) in [6.45, 7) is 5.91. The topological polar surface area (TPSA) is 77.3 Å². The molecule has 0 amide bonds. The number of fused-ring (bicyclic) bond motifs is 1. The number of aldehydes is 1. The summed E-state index contributed by atoms with van der Waals surface area (Å²) in [5.41, 5.74) is 3.59. The second kappa shape index (κ2) is 8.40. The van der Waals surface area contributed by atoms with E-state index in [1.54, 1.807) is 11.4 Å². The zero-order chi connectivity index (χ0) is 18.5. The number of carbonyl (C=O) groups is 2. The normalized spacial score (nSPS) is 16.5. The molecular formula is C19H26N4O3. The largest absolute Gasteiger partial charge is 0.368 e. The fourth-order valence-electron chi connectivity index (χ4n) is 3.43. The summed E-state index contributed by atoms with van der Waals surface area (Å²) in [5.74, 6) is -0.679. The average Bonchev–Trinajstić information content (AvgIpc) is 3.02. The number of hydroxylamine groups is 2. The predicted octanol–water partition coefficient (Wildman–Crippen LogP) is 2.59. The molecule has 7 heteroatoms. The van der Waals surface area contributed by atoms with E-state index in [4.69, 9.17) is 4.84 Å². The summed E-state index contributed by atoms with van der Waals surface area (Å²) >= 11 is 0. The molecule has 1 saturated heterocycles. The summed E-state index contributed by atoms with van der Waals surface area (Å²) in [7, 11) is 0. The van der Waals surface area contributed by atoms with Crippen molar-refractivity contribution in [1.29, 1.82) is 0 Å². The molecule has 2 aromatic heterocycles. The highest BCUT2D eigenvalue weighted by Gasteiger charge is 2.25. The van der Waals surface area contributed by atoms with Crippen molar-refractivity contribution in [2.24, 2.45) is 5.92 Å². The smallest absolute Gasteiger partial charge is 0.329 e. The Morgan fingerprint density at radius 2 is 2.08 bits per heavy atom. The quantitative estimate of drug-likeness (QED) is 0.708. The van der Waals surface area contributed by atoms with Gasteiger partial charge in [0.25, 0.3) is 0 Å². The summed E-state index contributed by atoms with van der Waals surface area (Å²) in [5, 5.41) is 1.75. The Labute approximate surface area is 153 Å². The van der Waals surface area contributed by atoms with Gasteiger partial charge in [0.05, 0.1) is 12.2 Å². The first-order chi connectivity index (χ1) is 12.6. The molecule has 0 bridgehead atoms. The van der Waals surface area contributed by atoms with Gasteiger partial charge in [0.2, 0.25) is 0 Å². The van der Waals surface area contributed by atoms with Crippen LogP contribution in [0.4, 0.5) is 0 Å². The standard InChI is InChI=1S/C19H26N4O3/c1-14-11-15(2)21-18-17(14)20-13-22(18)12-16(7-6-10-24)19(25)26-23-8-4-3-5-9-23/h10-11,13,16H,3-9,12H2,1-2H3. The van der Waals surface area contributed by atoms with Gasteiger partial charge in [0.1, 0.15) is 11.8 Å². The molecule has 1 aliphatic heterocycles. The number of rotatable bonds is 7. The number of aromatic nitrogens is 3. The first-order valence-electron chi connectivity index (χ1n) is 9.28. The highest BCUT2D eigenvalue weighted by Crippen LogP contribution is 2.20. The van der Waals surface area contributed by atoms with E-state index in [0.29, 0.717) is 19.4 Å². The second-order valence-corrected chi connectivity index (χ2v) is 6.99. The Hall–Kier alpha value is -2.28. The van der Waals surface area contributed by atoms with E-state index in [1.165, 1.54) is 6.42 Å². The molecule has 2 aromatic rings. The zero-order valence-corrected chi connectivity index (χ0v) is 15.5. The number of nitrogens with zero attached hydrogens (tertiary/aromatic N) is 4. The van der Waals surface area contributed by atoms with E-state index in [9.17, 15) is 9.59 Å². The highest BCUT2D eigenvalue weighted by molar-refractivity contribution is 5.76. The second-order valence-electron chi connectivity index (χ2n) is 6.99. The van der Waals surface area contributed by atoms with Crippen LogP contribution in [0.5, 0.6) is 0 Å². The van der Waals surface area contributed by atoms with Crippen molar-refractivity contribution >= 4 is 23.4 Å². The van der Waals surface area contributed by atoms with Crippen LogP contribution < -0.4 is 0 Å². The number of pyridine rings is 1. The van der Waals surface area contributed by atoms with Crippen molar-refractivity contribution < 1.29 is 14.4 Å². The zero-order valence-electron chi connectivity index (χ0n) is 15.5. The monoisotopic (exact) mass is 358 g/mol. The maximum Gasteiger partial charge on any atom is 0.329 e. The van der Waals surface area contributed by atoms with Gasteiger partial charge in [-0.1, -0.05) is 6.42 Å². The first-order valence-corrected chi connectivity index (χ1v) is 9.28. The number of aryl methyl sites for hydroxylation is 2. The van der Waals surface area contributed by atoms with Gasteiger partial charge in [-0.25, -0.2) is 14.8 Å². The maximum atomic E-state index is 12.7. The molecule has 1 aliphatic rings. The van der Waals surface area contributed by atoms with Crippen molar-refractivity contribution in [3.05, 3.63) is 23.7 Å². The number of piperidine rings is 1. The van der Waals surface area contributed by atoms with Crippen LogP contribution in [0, 0.1) is 19.8 Å². The highest BCUT2D eigenvalue weighted by atomic mass is 16.7. The summed E-state index contributed by atoms with van der Waals surface area (Å²) < 4.78 is 1.89. The van der Waals surface area contributed by atoms with Crippen molar-refractivity contribution in [2.75, 3.05) is 13.1 Å². The van der Waals surface area contributed by atoms with Crippen LogP contribution in [-0.2, 0) is 21.0 Å². The fraction of sp³-hybridized carbons (Fsp3) is 0.579. The maximum absolute atomic E-state index is 12.7. The van der Waals surface area contributed by atoms with E-state index in [2.05, 4.69) is 9.97 Å². The van der Waals surface area contributed by atoms with Gasteiger partial charge in [-0.05, 0) is 44.7 Å². The Bertz CT molecular complexity index is 780. The van der Waals surface area contributed by atoms with E-state index in [-0.39, 0.29) is 5.97 Å². The minimum absolute atomic E-state index is 0.278. The molecule has 0 spiro atoms. The van der Waals surface area contributed by atoms with Crippen molar-refractivity contribution in [3.8, 4) is 0 Å². The lowest BCUT2D eigenvalue weighted by Crippen LogP contribution is -2.35. The third kappa shape index (κ3) is 4.27. The molecule has 0 N–H and O–H groups in total. The van der Waals surface area contributed by atoms with Crippen LogP contribution in [0.25, 0.3) is 11.2 Å². The van der Waals surface area contributed by atoms with Crippen LogP contribution in [-0.4, -0.2) is 44.9 Å². The van der Waals surface area contributed by atoms with Crippen LogP contribution in [0.1, 0.15) is 43.4 Å². The third-order valence-electron chi connectivity index (χ3n) is 4.81. The van der Waals surface area contributed by atoms with Gasteiger partial charge < -0.3 is 14.2 Å². The molecule has 0 aromatic carbocycles. The Balaban J connectivity index is 1.77. The summed E-state index contributed by atoms with van der Waals surface area (Å²) in [6, 6.07) is 1.99. The molecule has 140 valence electrons. The molecular weight excluding hydrogens is 332 g/mol. The molecule has 7 nitrogen and oxygen atoms in total. The van der Waals surface area contributed by atoms with E-state index in [1.807, 2.05) is 24.5 Å². The van der Waals surface area contributed by atoms with Crippen molar-refractivity contribution in [3.63, 3.8) is 0 Å². The minimum atomic E-state index is -0.401. The van der Waals surface area contributed by atoms with Crippen molar-refractivity contribution in [2.45, 2.75) is 52.5 Å². The molecule has 0 radical (unpaired) electrons. The molecule has 1 atom stereocenters. The summed E-state index contributed by atoms with van der Waals surface area (Å²) in [4.78, 5) is 38.1. The van der Waals surface area contributed by atoms with E-state index >= 15 is 0 Å². The lowest BCUT2D eigenvalue weighted by atomic mass is 10.0. The molecule has 3 rings (SSSR count). The molecule has 0 aliphatic carbocycles. The number of hydrogen-bond acceptors (Lipinski definition) is 6. The number of hydrogen-bond donors (Lipinski definition) is 0. The minimum Gasteiger partial charge on any atom is -0.368 e. The Morgan fingerprint density at radius 1 is 1.31 bits per heavy atom. The van der Waals surface area contributed by atoms with Crippen molar-refractivity contribution in [1.82, 2.24) is 19.6 Å². The lowest BCUT2D eigenvalue weighted by Gasteiger charge is -2.27. The van der Waals surface area contributed by atoms with Gasteiger partial charge in [-0.2, -0.15) is 0 Å². The Morgan fingerprint density at radius 3 is 2.81 bits per heavy atom. The molecule has 3 heterocycles. The van der Waals surface area contributed by atoms with Gasteiger partial charge in [0.15, 0.2) is 5.65 Å². The first kappa shape index (κ1) is 18.5. The lowest BCUT2D eigenvalue weighted by molar-refractivity contribution is -0.200. The molecule has 1 fully saturated rings. The molecule has 26 heavy (non-hydrogen) atoms. The SMILES string of the molecule is Cc1cc(C)c2ncn(CC(CCC=O)C(=O)ON3CCCCC3)c2n1. The third-order valence-corrected chi connectivity index (χ3v) is 4.81. The predicted molar refractivity (Wildman–Crippen MR) is 97.3 cm³/mol. The van der Waals surface area contributed by atoms with Gasteiger partial charge in [-0.15, -0.1) is 5.06 Å². The van der Waals surface area contributed by atoms with Crippen LogP contribution in [0.15, 0.2) is 12.4 Å². The van der Waals surface area contributed by atoms with Crippen LogP contribution in [0.3, 0.4) is 0 Å². The number of imidazole rings is 1. The Kier molecular flexibility index (Phi) is 5.98.